The molecule has 0 bridgehead atoms. The van der Waals surface area contributed by atoms with Crippen LogP contribution in [0.1, 0.15) is 44.0 Å². The Morgan fingerprint density at radius 1 is 1.15 bits per heavy atom. The van der Waals surface area contributed by atoms with Crippen LogP contribution in [0, 0.1) is 16.7 Å². The lowest BCUT2D eigenvalue weighted by atomic mass is 10.1. The van der Waals surface area contributed by atoms with E-state index in [1.165, 1.54) is 6.07 Å². The summed E-state index contributed by atoms with van der Waals surface area (Å²) in [6, 6.07) is 5.03. The SMILES string of the molecule is Cn1nc(-c2nnc(C(F)F)s2)c2cc(S(=O)(=O)NC3(C#N)CC3)cc(N3CCN(C(=O)C4(C)CC4)CC3)c21. The van der Waals surface area contributed by atoms with E-state index in [2.05, 4.69) is 20.0 Å². The van der Waals surface area contributed by atoms with Crippen molar-refractivity contribution in [2.45, 2.75) is 49.5 Å². The Kier molecular flexibility index (Phi) is 5.94. The average Bonchev–Trinajstić information content (AvgIpc) is 3.76. The van der Waals surface area contributed by atoms with Crippen molar-refractivity contribution in [2.75, 3.05) is 31.1 Å². The number of fused-ring (bicyclic) bond motifs is 1. The van der Waals surface area contributed by atoms with Crippen molar-refractivity contribution in [1.82, 2.24) is 29.6 Å². The number of nitrogens with one attached hydrogen (secondary N) is 1. The monoisotopic (exact) mass is 576 g/mol. The number of carbonyl (C=O) groups is 1. The quantitative estimate of drug-likeness (QED) is 0.453. The number of hydrogen-bond acceptors (Lipinski definition) is 9. The summed E-state index contributed by atoms with van der Waals surface area (Å²) in [5.74, 6) is 0.146. The van der Waals surface area contributed by atoms with E-state index >= 15 is 0 Å². The van der Waals surface area contributed by atoms with Gasteiger partial charge >= 0.3 is 0 Å². The maximum Gasteiger partial charge on any atom is 0.291 e. The van der Waals surface area contributed by atoms with Gasteiger partial charge in [-0.2, -0.15) is 15.1 Å². The molecule has 1 aromatic carbocycles. The van der Waals surface area contributed by atoms with Crippen LogP contribution in [-0.2, 0) is 21.9 Å². The van der Waals surface area contributed by atoms with Crippen LogP contribution in [0.4, 0.5) is 14.5 Å². The maximum absolute atomic E-state index is 13.4. The largest absolute Gasteiger partial charge is 0.366 e. The van der Waals surface area contributed by atoms with Crippen molar-refractivity contribution >= 4 is 43.9 Å². The van der Waals surface area contributed by atoms with Gasteiger partial charge in [-0.3, -0.25) is 9.48 Å². The number of hydrogen-bond donors (Lipinski definition) is 1. The molecule has 1 aliphatic heterocycles. The van der Waals surface area contributed by atoms with Gasteiger partial charge in [0.25, 0.3) is 6.43 Å². The number of sulfonamides is 1. The summed E-state index contributed by atoms with van der Waals surface area (Å²) in [4.78, 5) is 16.7. The Morgan fingerprint density at radius 2 is 1.85 bits per heavy atom. The first-order valence-electron chi connectivity index (χ1n) is 12.6. The number of nitrogens with zero attached hydrogens (tertiary/aromatic N) is 7. The molecule has 15 heteroatoms. The molecule has 0 unspecified atom stereocenters. The van der Waals surface area contributed by atoms with Gasteiger partial charge in [-0.15, -0.1) is 10.2 Å². The molecule has 0 atom stereocenters. The van der Waals surface area contributed by atoms with Crippen LogP contribution in [0.3, 0.4) is 0 Å². The number of rotatable bonds is 7. The standard InChI is InChI=1S/C24H26F2N8O3S2/c1-23(3-4-23)22(35)34-9-7-33(8-10-34)16-12-14(39(36,37)31-24(13-27)5-6-24)11-15-17(30-32(2)18(15)16)20-28-29-21(38-20)19(25)26/h11-12,19,31H,3-10H2,1-2H3. The summed E-state index contributed by atoms with van der Waals surface area (Å²) in [5.41, 5.74) is 0.0336. The van der Waals surface area contributed by atoms with Crippen LogP contribution in [0.25, 0.3) is 21.6 Å². The summed E-state index contributed by atoms with van der Waals surface area (Å²) in [5, 5.41) is 21.5. The molecule has 1 saturated heterocycles. The highest BCUT2D eigenvalue weighted by atomic mass is 32.2. The number of carbonyl (C=O) groups excluding carboxylic acids is 1. The van der Waals surface area contributed by atoms with E-state index < -0.39 is 27.0 Å². The van der Waals surface area contributed by atoms with Gasteiger partial charge in [-0.05, 0) is 37.8 Å². The molecule has 3 heterocycles. The first-order chi connectivity index (χ1) is 18.5. The Bertz CT molecular complexity index is 1630. The summed E-state index contributed by atoms with van der Waals surface area (Å²) in [6.07, 6.45) is -0.168. The third kappa shape index (κ3) is 4.53. The van der Waals surface area contributed by atoms with E-state index in [9.17, 15) is 27.3 Å². The average molecular weight is 577 g/mol. The number of nitriles is 1. The molecule has 3 fully saturated rings. The predicted octanol–water partition coefficient (Wildman–Crippen LogP) is 2.81. The number of alkyl halides is 2. The fourth-order valence-electron chi connectivity index (χ4n) is 4.95. The van der Waals surface area contributed by atoms with Gasteiger partial charge in [0.1, 0.15) is 11.2 Å². The molecule has 2 aliphatic carbocycles. The Morgan fingerprint density at radius 3 is 2.41 bits per heavy atom. The van der Waals surface area contributed by atoms with Crippen molar-refractivity contribution < 1.29 is 22.0 Å². The number of benzene rings is 1. The van der Waals surface area contributed by atoms with Crippen LogP contribution in [0.5, 0.6) is 0 Å². The van der Waals surface area contributed by atoms with E-state index in [0.29, 0.717) is 66.9 Å². The third-order valence-corrected chi connectivity index (χ3v) is 10.2. The highest BCUT2D eigenvalue weighted by Gasteiger charge is 2.48. The molecule has 1 N–H and O–H groups in total. The second-order valence-corrected chi connectivity index (χ2v) is 13.4. The lowest BCUT2D eigenvalue weighted by molar-refractivity contribution is -0.136. The molecule has 11 nitrogen and oxygen atoms in total. The molecular formula is C24H26F2N8O3S2. The van der Waals surface area contributed by atoms with Crippen LogP contribution in [0.15, 0.2) is 17.0 Å². The fraction of sp³-hybridized carbons (Fsp3) is 0.542. The van der Waals surface area contributed by atoms with Crippen molar-refractivity contribution in [2.24, 2.45) is 12.5 Å². The van der Waals surface area contributed by atoms with E-state index in [1.807, 2.05) is 22.8 Å². The summed E-state index contributed by atoms with van der Waals surface area (Å²) in [7, 11) is -2.41. The molecule has 1 amide bonds. The minimum Gasteiger partial charge on any atom is -0.366 e. The van der Waals surface area contributed by atoms with Gasteiger partial charge < -0.3 is 9.80 Å². The van der Waals surface area contributed by atoms with Crippen LogP contribution >= 0.6 is 11.3 Å². The molecule has 6 rings (SSSR count). The van der Waals surface area contributed by atoms with Gasteiger partial charge in [0.15, 0.2) is 10.0 Å². The lowest BCUT2D eigenvalue weighted by Crippen LogP contribution is -2.50. The first kappa shape index (κ1) is 26.0. The molecular weight excluding hydrogens is 550 g/mol. The van der Waals surface area contributed by atoms with Gasteiger partial charge in [0.2, 0.25) is 15.9 Å². The Hall–Kier alpha value is -3.22. The third-order valence-electron chi connectivity index (χ3n) is 7.75. The summed E-state index contributed by atoms with van der Waals surface area (Å²) >= 11 is 0.698. The molecule has 2 aromatic heterocycles. The molecule has 0 spiro atoms. The van der Waals surface area contributed by atoms with E-state index in [0.717, 1.165) is 12.8 Å². The number of aryl methyl sites for hydroxylation is 1. The van der Waals surface area contributed by atoms with Gasteiger partial charge in [0.05, 0.1) is 22.2 Å². The molecule has 39 heavy (non-hydrogen) atoms. The Labute approximate surface area is 227 Å². The number of aromatic nitrogens is 4. The maximum atomic E-state index is 13.4. The first-order valence-corrected chi connectivity index (χ1v) is 14.9. The van der Waals surface area contributed by atoms with Crippen LogP contribution in [-0.4, -0.2) is 70.9 Å². The number of halogens is 2. The zero-order valence-electron chi connectivity index (χ0n) is 21.3. The minimum atomic E-state index is -4.11. The number of piperazine rings is 1. The predicted molar refractivity (Wildman–Crippen MR) is 139 cm³/mol. The number of anilines is 1. The van der Waals surface area contributed by atoms with Gasteiger partial charge in [0, 0.05) is 44.0 Å². The van der Waals surface area contributed by atoms with Crippen molar-refractivity contribution in [1.29, 1.82) is 5.26 Å². The van der Waals surface area contributed by atoms with E-state index in [4.69, 9.17) is 0 Å². The van der Waals surface area contributed by atoms with E-state index in [1.54, 1.807) is 17.8 Å². The number of amides is 1. The highest BCUT2D eigenvalue weighted by molar-refractivity contribution is 7.89. The van der Waals surface area contributed by atoms with Crippen molar-refractivity contribution in [3.63, 3.8) is 0 Å². The molecule has 206 valence electrons. The Balaban J connectivity index is 1.43. The van der Waals surface area contributed by atoms with Crippen molar-refractivity contribution in [3.8, 4) is 16.8 Å². The molecule has 2 saturated carbocycles. The highest BCUT2D eigenvalue weighted by Crippen LogP contribution is 2.47. The van der Waals surface area contributed by atoms with Gasteiger partial charge in [-0.25, -0.2) is 17.2 Å². The summed E-state index contributed by atoms with van der Waals surface area (Å²) < 4.78 is 57.5. The van der Waals surface area contributed by atoms with Crippen LogP contribution in [0.2, 0.25) is 0 Å². The zero-order chi connectivity index (χ0) is 27.7. The minimum absolute atomic E-state index is 0.0663. The normalized spacial score (nSPS) is 19.9. The second kappa shape index (κ2) is 8.90. The van der Waals surface area contributed by atoms with Gasteiger partial charge in [-0.1, -0.05) is 18.3 Å². The van der Waals surface area contributed by atoms with E-state index in [-0.39, 0.29) is 26.9 Å². The fourth-order valence-corrected chi connectivity index (χ4v) is 7.07. The summed E-state index contributed by atoms with van der Waals surface area (Å²) in [6.45, 7) is 3.91. The smallest absolute Gasteiger partial charge is 0.291 e. The van der Waals surface area contributed by atoms with Crippen molar-refractivity contribution in [3.05, 3.63) is 17.1 Å². The van der Waals surface area contributed by atoms with Crippen LogP contribution < -0.4 is 9.62 Å². The topological polar surface area (TPSA) is 137 Å². The molecule has 0 radical (unpaired) electrons. The lowest BCUT2D eigenvalue weighted by Gasteiger charge is -2.37. The molecule has 3 aliphatic rings. The zero-order valence-corrected chi connectivity index (χ0v) is 22.9. The molecule has 3 aromatic rings. The second-order valence-electron chi connectivity index (χ2n) is 10.7.